The van der Waals surface area contributed by atoms with E-state index in [1.54, 1.807) is 0 Å². The lowest BCUT2D eigenvalue weighted by Crippen LogP contribution is -2.16. The summed E-state index contributed by atoms with van der Waals surface area (Å²) in [6.45, 7) is 7.68. The van der Waals surface area contributed by atoms with Crippen molar-refractivity contribution in [3.8, 4) is 0 Å². The minimum Gasteiger partial charge on any atom is -0.381 e. The van der Waals surface area contributed by atoms with Crippen LogP contribution in [0.4, 0.5) is 11.6 Å². The first-order valence-electron chi connectivity index (χ1n) is 6.75. The fourth-order valence-corrected chi connectivity index (χ4v) is 2.01. The number of nitrogens with zero attached hydrogens (tertiary/aromatic N) is 2. The average Bonchev–Trinajstić information content (AvgIpc) is 2.89. The number of rotatable bonds is 6. The molecular weight excluding hydrogens is 228 g/mol. The molecule has 1 aliphatic rings. The van der Waals surface area contributed by atoms with Crippen LogP contribution >= 0.6 is 0 Å². The number of ether oxygens (including phenoxy) is 1. The van der Waals surface area contributed by atoms with Crippen molar-refractivity contribution < 1.29 is 4.74 Å². The van der Waals surface area contributed by atoms with Crippen LogP contribution in [0.25, 0.3) is 0 Å². The summed E-state index contributed by atoms with van der Waals surface area (Å²) >= 11 is 0. The van der Waals surface area contributed by atoms with E-state index in [0.717, 1.165) is 56.6 Å². The number of anilines is 2. The molecule has 0 saturated carbocycles. The van der Waals surface area contributed by atoms with Gasteiger partial charge >= 0.3 is 0 Å². The van der Waals surface area contributed by atoms with Gasteiger partial charge in [0, 0.05) is 38.1 Å². The van der Waals surface area contributed by atoms with E-state index in [1.807, 2.05) is 6.07 Å². The Morgan fingerprint density at radius 1 is 1.28 bits per heavy atom. The molecule has 1 fully saturated rings. The molecule has 1 saturated heterocycles. The van der Waals surface area contributed by atoms with E-state index in [1.165, 1.54) is 0 Å². The van der Waals surface area contributed by atoms with Crippen molar-refractivity contribution in [1.29, 1.82) is 0 Å². The third kappa shape index (κ3) is 3.57. The highest BCUT2D eigenvalue weighted by Gasteiger charge is 2.15. The fourth-order valence-electron chi connectivity index (χ4n) is 2.01. The SMILES string of the molecule is CCNc1cc(NCC2CCOC2)nc(CC)n1. The van der Waals surface area contributed by atoms with E-state index >= 15 is 0 Å². The van der Waals surface area contributed by atoms with Crippen LogP contribution in [0.15, 0.2) is 6.07 Å². The molecule has 0 amide bonds. The molecule has 2 rings (SSSR count). The van der Waals surface area contributed by atoms with Gasteiger partial charge in [-0.15, -0.1) is 0 Å². The maximum absolute atomic E-state index is 5.37. The Balaban J connectivity index is 1.98. The molecule has 0 spiro atoms. The van der Waals surface area contributed by atoms with Gasteiger partial charge in [0.1, 0.15) is 17.5 Å². The van der Waals surface area contributed by atoms with Crippen LogP contribution in [-0.4, -0.2) is 36.3 Å². The summed E-state index contributed by atoms with van der Waals surface area (Å²) < 4.78 is 5.37. The van der Waals surface area contributed by atoms with Crippen molar-refractivity contribution in [3.05, 3.63) is 11.9 Å². The summed E-state index contributed by atoms with van der Waals surface area (Å²) in [5.74, 6) is 3.28. The molecule has 1 aromatic heterocycles. The molecule has 0 radical (unpaired) electrons. The molecule has 1 aliphatic heterocycles. The molecule has 0 bridgehead atoms. The summed E-state index contributed by atoms with van der Waals surface area (Å²) in [7, 11) is 0. The highest BCUT2D eigenvalue weighted by molar-refractivity contribution is 5.47. The van der Waals surface area contributed by atoms with Gasteiger partial charge in [0.05, 0.1) is 6.61 Å². The van der Waals surface area contributed by atoms with Gasteiger partial charge in [0.25, 0.3) is 0 Å². The number of aryl methyl sites for hydroxylation is 1. The Morgan fingerprint density at radius 3 is 2.67 bits per heavy atom. The van der Waals surface area contributed by atoms with E-state index in [0.29, 0.717) is 5.92 Å². The first-order chi connectivity index (χ1) is 8.81. The van der Waals surface area contributed by atoms with Crippen molar-refractivity contribution in [2.75, 3.05) is 36.9 Å². The largest absolute Gasteiger partial charge is 0.381 e. The zero-order chi connectivity index (χ0) is 12.8. The molecule has 18 heavy (non-hydrogen) atoms. The predicted molar refractivity (Wildman–Crippen MR) is 73.0 cm³/mol. The zero-order valence-electron chi connectivity index (χ0n) is 11.2. The Kier molecular flexibility index (Phi) is 4.75. The van der Waals surface area contributed by atoms with Crippen LogP contribution in [-0.2, 0) is 11.2 Å². The molecule has 100 valence electrons. The molecule has 0 aliphatic carbocycles. The van der Waals surface area contributed by atoms with Gasteiger partial charge in [-0.2, -0.15) is 0 Å². The Bertz CT molecular complexity index is 377. The Hall–Kier alpha value is -1.36. The first kappa shape index (κ1) is 13.1. The third-order valence-corrected chi connectivity index (χ3v) is 3.04. The lowest BCUT2D eigenvalue weighted by Gasteiger charge is -2.12. The maximum atomic E-state index is 5.37. The Labute approximate surface area is 108 Å². The number of aromatic nitrogens is 2. The van der Waals surface area contributed by atoms with Crippen molar-refractivity contribution in [3.63, 3.8) is 0 Å². The van der Waals surface area contributed by atoms with Crippen molar-refractivity contribution in [2.24, 2.45) is 5.92 Å². The molecule has 2 heterocycles. The molecule has 1 atom stereocenters. The van der Waals surface area contributed by atoms with Gasteiger partial charge in [-0.3, -0.25) is 0 Å². The van der Waals surface area contributed by atoms with Crippen molar-refractivity contribution >= 4 is 11.6 Å². The predicted octanol–water partition coefficient (Wildman–Crippen LogP) is 1.92. The van der Waals surface area contributed by atoms with Crippen LogP contribution in [0.1, 0.15) is 26.1 Å². The molecule has 0 aromatic carbocycles. The first-order valence-corrected chi connectivity index (χ1v) is 6.75. The molecular formula is C13H22N4O. The van der Waals surface area contributed by atoms with Crippen molar-refractivity contribution in [2.45, 2.75) is 26.7 Å². The van der Waals surface area contributed by atoms with Gasteiger partial charge in [0.15, 0.2) is 0 Å². The fraction of sp³-hybridized carbons (Fsp3) is 0.692. The highest BCUT2D eigenvalue weighted by atomic mass is 16.5. The third-order valence-electron chi connectivity index (χ3n) is 3.04. The van der Waals surface area contributed by atoms with Crippen LogP contribution < -0.4 is 10.6 Å². The van der Waals surface area contributed by atoms with Crippen LogP contribution in [0.2, 0.25) is 0 Å². The smallest absolute Gasteiger partial charge is 0.132 e. The van der Waals surface area contributed by atoms with E-state index in [-0.39, 0.29) is 0 Å². The van der Waals surface area contributed by atoms with Gasteiger partial charge in [-0.1, -0.05) is 6.92 Å². The minimum atomic E-state index is 0.604. The van der Waals surface area contributed by atoms with E-state index in [2.05, 4.69) is 34.4 Å². The lowest BCUT2D eigenvalue weighted by molar-refractivity contribution is 0.187. The van der Waals surface area contributed by atoms with Crippen LogP contribution in [0.5, 0.6) is 0 Å². The average molecular weight is 250 g/mol. The lowest BCUT2D eigenvalue weighted by atomic mass is 10.1. The molecule has 1 unspecified atom stereocenters. The maximum Gasteiger partial charge on any atom is 0.132 e. The summed E-state index contributed by atoms with van der Waals surface area (Å²) in [4.78, 5) is 8.93. The van der Waals surface area contributed by atoms with Crippen molar-refractivity contribution in [1.82, 2.24) is 9.97 Å². The summed E-state index contributed by atoms with van der Waals surface area (Å²) in [5.41, 5.74) is 0. The molecule has 1 aromatic rings. The zero-order valence-corrected chi connectivity index (χ0v) is 11.2. The van der Waals surface area contributed by atoms with Gasteiger partial charge in [0.2, 0.25) is 0 Å². The summed E-state index contributed by atoms with van der Waals surface area (Å²) in [6, 6.07) is 1.97. The minimum absolute atomic E-state index is 0.604. The molecule has 2 N–H and O–H groups in total. The van der Waals surface area contributed by atoms with Crippen LogP contribution in [0, 0.1) is 5.92 Å². The quantitative estimate of drug-likeness (QED) is 0.807. The molecule has 5 nitrogen and oxygen atoms in total. The number of nitrogens with one attached hydrogen (secondary N) is 2. The van der Waals surface area contributed by atoms with Crippen LogP contribution in [0.3, 0.4) is 0 Å². The standard InChI is InChI=1S/C13H22N4O/c1-3-11-16-12(14-4-2)7-13(17-11)15-8-10-5-6-18-9-10/h7,10H,3-6,8-9H2,1-2H3,(H2,14,15,16,17). The highest BCUT2D eigenvalue weighted by Crippen LogP contribution is 2.15. The van der Waals surface area contributed by atoms with E-state index in [9.17, 15) is 0 Å². The van der Waals surface area contributed by atoms with Gasteiger partial charge in [-0.05, 0) is 13.3 Å². The van der Waals surface area contributed by atoms with Gasteiger partial charge < -0.3 is 15.4 Å². The Morgan fingerprint density at radius 2 is 2.06 bits per heavy atom. The second-order valence-electron chi connectivity index (χ2n) is 4.55. The normalized spacial score (nSPS) is 18.9. The second kappa shape index (κ2) is 6.54. The van der Waals surface area contributed by atoms with Gasteiger partial charge in [-0.25, -0.2) is 9.97 Å². The molecule has 5 heteroatoms. The van der Waals surface area contributed by atoms with E-state index in [4.69, 9.17) is 4.74 Å². The number of hydrogen-bond donors (Lipinski definition) is 2. The van der Waals surface area contributed by atoms with E-state index < -0.39 is 0 Å². The number of hydrogen-bond acceptors (Lipinski definition) is 5. The monoisotopic (exact) mass is 250 g/mol. The second-order valence-corrected chi connectivity index (χ2v) is 4.55. The summed E-state index contributed by atoms with van der Waals surface area (Å²) in [6.07, 6.45) is 1.99. The summed E-state index contributed by atoms with van der Waals surface area (Å²) in [5, 5.41) is 6.62. The topological polar surface area (TPSA) is 59.1 Å².